The molecule has 0 bridgehead atoms. The molecule has 0 rings (SSSR count). The van der Waals surface area contributed by atoms with Crippen molar-refractivity contribution in [2.24, 2.45) is 0 Å². The van der Waals surface area contributed by atoms with Gasteiger partial charge < -0.3 is 4.74 Å². The number of hydrogen-bond donors (Lipinski definition) is 0. The Bertz CT molecular complexity index is 83.7. The van der Waals surface area contributed by atoms with Gasteiger partial charge in [0.05, 0.1) is 6.10 Å². The summed E-state index contributed by atoms with van der Waals surface area (Å²) in [6, 6.07) is 0. The zero-order valence-corrected chi connectivity index (χ0v) is 7.28. The summed E-state index contributed by atoms with van der Waals surface area (Å²) in [5.41, 5.74) is -1.09. The molecule has 0 aromatic heterocycles. The largest absolute Gasteiger partial charge is 0.379 e. The Labute approximate surface area is 62.6 Å². The summed E-state index contributed by atoms with van der Waals surface area (Å²) in [5.74, 6) is 0. The topological polar surface area (TPSA) is 9.23 Å². The maximum absolute atomic E-state index is 12.8. The highest BCUT2D eigenvalue weighted by Crippen LogP contribution is 2.13. The van der Waals surface area contributed by atoms with Crippen molar-refractivity contribution in [3.8, 4) is 0 Å². The van der Waals surface area contributed by atoms with Gasteiger partial charge in [-0.2, -0.15) is 0 Å². The number of halogens is 1. The molecule has 2 heteroatoms. The Morgan fingerprint density at radius 1 is 1.40 bits per heavy atom. The highest BCUT2D eigenvalue weighted by molar-refractivity contribution is 4.64. The summed E-state index contributed by atoms with van der Waals surface area (Å²) < 4.78 is 17.9. The van der Waals surface area contributed by atoms with Crippen molar-refractivity contribution in [2.45, 2.75) is 45.9 Å². The zero-order chi connectivity index (χ0) is 8.20. The Morgan fingerprint density at radius 3 is 2.20 bits per heavy atom. The van der Waals surface area contributed by atoms with Crippen LogP contribution in [-0.4, -0.2) is 18.4 Å². The molecule has 0 aliphatic rings. The van der Waals surface area contributed by atoms with E-state index in [1.54, 1.807) is 13.8 Å². The predicted octanol–water partition coefficient (Wildman–Crippen LogP) is 2.55. The molecular formula is C8H17FO. The fourth-order valence-corrected chi connectivity index (χ4v) is 0.537. The third kappa shape index (κ3) is 7.89. The van der Waals surface area contributed by atoms with E-state index in [9.17, 15) is 4.39 Å². The first-order valence-electron chi connectivity index (χ1n) is 3.72. The molecule has 62 valence electrons. The third-order valence-electron chi connectivity index (χ3n) is 1.15. The molecule has 1 nitrogen and oxygen atoms in total. The van der Waals surface area contributed by atoms with Crippen molar-refractivity contribution in [3.63, 3.8) is 0 Å². The average molecular weight is 148 g/mol. The normalized spacial score (nSPS) is 12.6. The number of alkyl halides is 1. The molecule has 0 N–H and O–H groups in total. The van der Waals surface area contributed by atoms with Crippen LogP contribution in [0.2, 0.25) is 0 Å². The Hall–Kier alpha value is -0.110. The average Bonchev–Trinajstić information content (AvgIpc) is 1.59. The molecule has 0 aromatic rings. The van der Waals surface area contributed by atoms with Gasteiger partial charge in [0.2, 0.25) is 0 Å². The molecule has 0 atom stereocenters. The van der Waals surface area contributed by atoms with Gasteiger partial charge in [0.15, 0.2) is 0 Å². The fraction of sp³-hybridized carbons (Fsp3) is 1.00. The van der Waals surface area contributed by atoms with Crippen LogP contribution in [0.1, 0.15) is 34.1 Å². The van der Waals surface area contributed by atoms with Crippen molar-refractivity contribution in [3.05, 3.63) is 0 Å². The summed E-state index contributed by atoms with van der Waals surface area (Å²) in [4.78, 5) is 0. The van der Waals surface area contributed by atoms with Crippen LogP contribution in [0.15, 0.2) is 0 Å². The summed E-state index contributed by atoms with van der Waals surface area (Å²) in [6.07, 6.45) is 0.688. The monoisotopic (exact) mass is 148 g/mol. The van der Waals surface area contributed by atoms with Gasteiger partial charge in [-0.25, -0.2) is 4.39 Å². The van der Waals surface area contributed by atoms with Crippen molar-refractivity contribution >= 4 is 0 Å². The van der Waals surface area contributed by atoms with Crippen molar-refractivity contribution in [2.75, 3.05) is 6.61 Å². The SMILES string of the molecule is CC(C)OCCC(C)(C)F. The Balaban J connectivity index is 3.21. The van der Waals surface area contributed by atoms with Gasteiger partial charge in [-0.05, 0) is 27.7 Å². The van der Waals surface area contributed by atoms with Gasteiger partial charge in [-0.15, -0.1) is 0 Å². The minimum atomic E-state index is -1.09. The van der Waals surface area contributed by atoms with E-state index in [1.165, 1.54) is 0 Å². The van der Waals surface area contributed by atoms with Crippen molar-refractivity contribution in [1.82, 2.24) is 0 Å². The minimum absolute atomic E-state index is 0.211. The highest BCUT2D eigenvalue weighted by Gasteiger charge is 2.14. The lowest BCUT2D eigenvalue weighted by molar-refractivity contribution is 0.0474. The van der Waals surface area contributed by atoms with Crippen LogP contribution in [0.25, 0.3) is 0 Å². The first-order valence-corrected chi connectivity index (χ1v) is 3.72. The van der Waals surface area contributed by atoms with E-state index in [4.69, 9.17) is 4.74 Å². The van der Waals surface area contributed by atoms with Gasteiger partial charge in [0.1, 0.15) is 5.67 Å². The lowest BCUT2D eigenvalue weighted by atomic mass is 10.1. The van der Waals surface area contributed by atoms with Crippen LogP contribution in [0.4, 0.5) is 4.39 Å². The Morgan fingerprint density at radius 2 is 1.90 bits per heavy atom. The second kappa shape index (κ2) is 3.91. The molecule has 0 radical (unpaired) electrons. The van der Waals surface area contributed by atoms with Gasteiger partial charge in [0, 0.05) is 13.0 Å². The smallest absolute Gasteiger partial charge is 0.107 e. The molecule has 0 heterocycles. The summed E-state index contributed by atoms with van der Waals surface area (Å²) >= 11 is 0. The van der Waals surface area contributed by atoms with Gasteiger partial charge >= 0.3 is 0 Å². The lowest BCUT2D eigenvalue weighted by Gasteiger charge is -2.14. The first kappa shape index (κ1) is 9.89. The van der Waals surface area contributed by atoms with E-state index in [1.807, 2.05) is 13.8 Å². The molecule has 0 aliphatic heterocycles. The van der Waals surface area contributed by atoms with Gasteiger partial charge in [-0.1, -0.05) is 0 Å². The molecule has 0 fully saturated rings. The van der Waals surface area contributed by atoms with Gasteiger partial charge in [-0.3, -0.25) is 0 Å². The van der Waals surface area contributed by atoms with E-state index in [2.05, 4.69) is 0 Å². The second-order valence-corrected chi connectivity index (χ2v) is 3.39. The third-order valence-corrected chi connectivity index (χ3v) is 1.15. The van der Waals surface area contributed by atoms with Crippen LogP contribution in [0.3, 0.4) is 0 Å². The molecule has 0 saturated heterocycles. The lowest BCUT2D eigenvalue weighted by Crippen LogP contribution is -2.16. The maximum atomic E-state index is 12.8. The van der Waals surface area contributed by atoms with E-state index in [-0.39, 0.29) is 6.10 Å². The van der Waals surface area contributed by atoms with Crippen LogP contribution in [0.5, 0.6) is 0 Å². The second-order valence-electron chi connectivity index (χ2n) is 3.39. The van der Waals surface area contributed by atoms with Crippen LogP contribution >= 0.6 is 0 Å². The first-order chi connectivity index (χ1) is 4.42. The quantitative estimate of drug-likeness (QED) is 0.595. The number of rotatable bonds is 4. The standard InChI is InChI=1S/C8H17FO/c1-7(2)10-6-5-8(3,4)9/h7H,5-6H2,1-4H3. The van der Waals surface area contributed by atoms with E-state index in [0.29, 0.717) is 13.0 Å². The highest BCUT2D eigenvalue weighted by atomic mass is 19.1. The summed E-state index contributed by atoms with van der Waals surface area (Å²) in [7, 11) is 0. The molecule has 0 aliphatic carbocycles. The van der Waals surface area contributed by atoms with Crippen LogP contribution in [0, 0.1) is 0 Å². The molecular weight excluding hydrogens is 131 g/mol. The maximum Gasteiger partial charge on any atom is 0.107 e. The molecule has 0 saturated carbocycles. The summed E-state index contributed by atoms with van der Waals surface area (Å²) in [6.45, 7) is 7.55. The molecule has 0 unspecified atom stereocenters. The molecule has 0 spiro atoms. The molecule has 0 aromatic carbocycles. The molecule has 0 amide bonds. The van der Waals surface area contributed by atoms with Crippen LogP contribution in [-0.2, 0) is 4.74 Å². The predicted molar refractivity (Wildman–Crippen MR) is 40.9 cm³/mol. The van der Waals surface area contributed by atoms with Gasteiger partial charge in [0.25, 0.3) is 0 Å². The van der Waals surface area contributed by atoms with Crippen molar-refractivity contribution in [1.29, 1.82) is 0 Å². The minimum Gasteiger partial charge on any atom is -0.379 e. The fourth-order valence-electron chi connectivity index (χ4n) is 0.537. The van der Waals surface area contributed by atoms with E-state index in [0.717, 1.165) is 0 Å². The number of ether oxygens (including phenoxy) is 1. The number of hydrogen-bond acceptors (Lipinski definition) is 1. The molecule has 10 heavy (non-hydrogen) atoms. The van der Waals surface area contributed by atoms with Crippen molar-refractivity contribution < 1.29 is 9.13 Å². The van der Waals surface area contributed by atoms with Crippen LogP contribution < -0.4 is 0 Å². The van der Waals surface area contributed by atoms with E-state index < -0.39 is 5.67 Å². The van der Waals surface area contributed by atoms with E-state index >= 15 is 0 Å². The zero-order valence-electron chi connectivity index (χ0n) is 7.28. The Kier molecular flexibility index (Phi) is 3.87. The summed E-state index contributed by atoms with van der Waals surface area (Å²) in [5, 5.41) is 0.